The molecule has 7 nitrogen and oxygen atoms in total. The van der Waals surface area contributed by atoms with Crippen LogP contribution in [-0.2, 0) is 0 Å². The highest BCUT2D eigenvalue weighted by molar-refractivity contribution is 6.06. The van der Waals surface area contributed by atoms with Gasteiger partial charge in [-0.3, -0.25) is 9.78 Å². The van der Waals surface area contributed by atoms with Gasteiger partial charge in [-0.1, -0.05) is 0 Å². The fourth-order valence-corrected chi connectivity index (χ4v) is 4.93. The fraction of sp³-hybridized carbons (Fsp3) is 0.385. The lowest BCUT2D eigenvalue weighted by Crippen LogP contribution is -2.31. The van der Waals surface area contributed by atoms with Crippen LogP contribution < -0.4 is 5.32 Å². The molecule has 0 atom stereocenters. The number of nitrogens with one attached hydrogen (secondary N) is 2. The summed E-state index contributed by atoms with van der Waals surface area (Å²) in [5.41, 5.74) is 5.54. The molecule has 1 fully saturated rings. The van der Waals surface area contributed by atoms with Gasteiger partial charge in [-0.25, -0.2) is 9.97 Å². The average molecular weight is 443 g/mol. The quantitative estimate of drug-likeness (QED) is 0.413. The van der Waals surface area contributed by atoms with Gasteiger partial charge in [0.05, 0.1) is 22.5 Å². The lowest BCUT2D eigenvalue weighted by molar-refractivity contribution is 0.101. The third kappa shape index (κ3) is 4.46. The molecule has 170 valence electrons. The molecular weight excluding hydrogens is 412 g/mol. The Labute approximate surface area is 193 Å². The van der Waals surface area contributed by atoms with Crippen molar-refractivity contribution in [2.75, 3.05) is 26.0 Å². The number of ketones is 1. The van der Waals surface area contributed by atoms with Crippen molar-refractivity contribution in [3.63, 3.8) is 0 Å². The van der Waals surface area contributed by atoms with Gasteiger partial charge in [0, 0.05) is 42.1 Å². The van der Waals surface area contributed by atoms with Crippen LogP contribution in [0.5, 0.6) is 0 Å². The van der Waals surface area contributed by atoms with E-state index >= 15 is 0 Å². The molecule has 0 unspecified atom stereocenters. The molecule has 0 bridgehead atoms. The Bertz CT molecular complexity index is 1300. The largest absolute Gasteiger partial charge is 0.380 e. The summed E-state index contributed by atoms with van der Waals surface area (Å²) >= 11 is 0. The Hall–Kier alpha value is -3.32. The zero-order valence-electron chi connectivity index (χ0n) is 19.4. The van der Waals surface area contributed by atoms with Crippen molar-refractivity contribution in [2.45, 2.75) is 38.6 Å². The minimum absolute atomic E-state index is 0.00388. The molecule has 4 aromatic rings. The Morgan fingerprint density at radius 2 is 1.94 bits per heavy atom. The molecule has 5 rings (SSSR count). The number of fused-ring (bicyclic) bond motifs is 2. The monoisotopic (exact) mass is 442 g/mol. The van der Waals surface area contributed by atoms with E-state index in [0.717, 1.165) is 64.3 Å². The van der Waals surface area contributed by atoms with Gasteiger partial charge in [0.25, 0.3) is 0 Å². The molecule has 2 N–H and O–H groups in total. The maximum Gasteiger partial charge on any atom is 0.163 e. The Balaban J connectivity index is 1.50. The number of nitrogens with zero attached hydrogens (tertiary/aromatic N) is 4. The number of pyridine rings is 3. The minimum Gasteiger partial charge on any atom is -0.380 e. The number of hydrogen-bond donors (Lipinski definition) is 2. The standard InChI is InChI=1S/C26H30N6O/c1-16(33)21-14-28-23-9-8-22(19-12-18-10-11-27-26(18)29-13-19)31-25(23)24(21)30-20-6-4-17(5-7-20)15-32(2)3/h8-14,17,20H,4-7,15H2,1-3H3,(H,27,29)(H,28,30)/t17-,20-. The molecule has 1 aliphatic carbocycles. The number of anilines is 1. The highest BCUT2D eigenvalue weighted by atomic mass is 16.1. The highest BCUT2D eigenvalue weighted by Crippen LogP contribution is 2.32. The zero-order chi connectivity index (χ0) is 22.9. The number of carbonyl (C=O) groups is 1. The minimum atomic E-state index is -0.00388. The molecule has 1 aliphatic rings. The van der Waals surface area contributed by atoms with E-state index in [1.807, 2.05) is 30.6 Å². The average Bonchev–Trinajstić information content (AvgIpc) is 3.27. The Kier molecular flexibility index (Phi) is 5.81. The van der Waals surface area contributed by atoms with E-state index in [-0.39, 0.29) is 5.78 Å². The van der Waals surface area contributed by atoms with Gasteiger partial charge in [-0.2, -0.15) is 0 Å². The molecule has 0 spiro atoms. The van der Waals surface area contributed by atoms with Gasteiger partial charge >= 0.3 is 0 Å². The lowest BCUT2D eigenvalue weighted by atomic mass is 9.85. The second-order valence-corrected chi connectivity index (χ2v) is 9.43. The van der Waals surface area contributed by atoms with Crippen LogP contribution in [0.15, 0.2) is 42.9 Å². The van der Waals surface area contributed by atoms with Gasteiger partial charge in [-0.15, -0.1) is 0 Å². The summed E-state index contributed by atoms with van der Waals surface area (Å²) in [4.78, 5) is 31.9. The summed E-state index contributed by atoms with van der Waals surface area (Å²) in [7, 11) is 4.28. The summed E-state index contributed by atoms with van der Waals surface area (Å²) in [6, 6.07) is 8.35. The van der Waals surface area contributed by atoms with E-state index in [1.165, 1.54) is 12.8 Å². The first-order valence-electron chi connectivity index (χ1n) is 11.6. The Morgan fingerprint density at radius 3 is 2.70 bits per heavy atom. The molecule has 4 aromatic heterocycles. The number of Topliss-reactive ketones (excluding diaryl/α,β-unsaturated/α-hetero) is 1. The normalized spacial score (nSPS) is 18.8. The molecule has 33 heavy (non-hydrogen) atoms. The molecule has 0 amide bonds. The molecular formula is C26H30N6O. The Morgan fingerprint density at radius 1 is 1.12 bits per heavy atom. The molecule has 1 saturated carbocycles. The van der Waals surface area contributed by atoms with E-state index in [4.69, 9.17) is 4.98 Å². The van der Waals surface area contributed by atoms with E-state index < -0.39 is 0 Å². The summed E-state index contributed by atoms with van der Waals surface area (Å²) < 4.78 is 0. The van der Waals surface area contributed by atoms with Crippen LogP contribution in [0.1, 0.15) is 43.0 Å². The van der Waals surface area contributed by atoms with Crippen molar-refractivity contribution in [1.82, 2.24) is 24.8 Å². The van der Waals surface area contributed by atoms with Gasteiger partial charge in [0.1, 0.15) is 11.2 Å². The van der Waals surface area contributed by atoms with Gasteiger partial charge in [0.15, 0.2) is 5.78 Å². The summed E-state index contributed by atoms with van der Waals surface area (Å²) in [6.45, 7) is 2.73. The van der Waals surface area contributed by atoms with Gasteiger partial charge in [-0.05, 0) is 76.9 Å². The number of rotatable bonds is 6. The highest BCUT2D eigenvalue weighted by Gasteiger charge is 2.24. The SMILES string of the molecule is CC(=O)c1cnc2ccc(-c3cnc4[nH]ccc4c3)nc2c1N[C@H]1CC[C@H](CN(C)C)CC1. The van der Waals surface area contributed by atoms with Crippen LogP contribution in [0.4, 0.5) is 5.69 Å². The predicted molar refractivity (Wildman–Crippen MR) is 133 cm³/mol. The third-order valence-electron chi connectivity index (χ3n) is 6.61. The number of carbonyl (C=O) groups excluding carboxylic acids is 1. The summed E-state index contributed by atoms with van der Waals surface area (Å²) in [6.07, 6.45) is 9.95. The van der Waals surface area contributed by atoms with Crippen LogP contribution in [0, 0.1) is 5.92 Å². The smallest absolute Gasteiger partial charge is 0.163 e. The fourth-order valence-electron chi connectivity index (χ4n) is 4.93. The van der Waals surface area contributed by atoms with Crippen LogP contribution in [0.3, 0.4) is 0 Å². The predicted octanol–water partition coefficient (Wildman–Crippen LogP) is 4.91. The first-order valence-corrected chi connectivity index (χ1v) is 11.6. The second kappa shape index (κ2) is 8.90. The van der Waals surface area contributed by atoms with Gasteiger partial charge < -0.3 is 15.2 Å². The van der Waals surface area contributed by atoms with Crippen molar-refractivity contribution in [2.24, 2.45) is 5.92 Å². The topological polar surface area (TPSA) is 86.8 Å². The maximum absolute atomic E-state index is 12.5. The number of aromatic nitrogens is 4. The number of hydrogen-bond acceptors (Lipinski definition) is 6. The van der Waals surface area contributed by atoms with Crippen LogP contribution >= 0.6 is 0 Å². The van der Waals surface area contributed by atoms with Crippen molar-refractivity contribution < 1.29 is 4.79 Å². The molecule has 0 aromatic carbocycles. The first-order chi connectivity index (χ1) is 16.0. The van der Waals surface area contributed by atoms with Gasteiger partial charge in [0.2, 0.25) is 0 Å². The molecule has 4 heterocycles. The van der Waals surface area contributed by atoms with Crippen LogP contribution in [-0.4, -0.2) is 57.3 Å². The number of aromatic amines is 1. The van der Waals surface area contributed by atoms with E-state index in [9.17, 15) is 4.79 Å². The molecule has 0 aliphatic heterocycles. The van der Waals surface area contributed by atoms with Crippen molar-refractivity contribution in [3.8, 4) is 11.3 Å². The molecule has 7 heteroatoms. The van der Waals surface area contributed by atoms with Crippen molar-refractivity contribution in [3.05, 3.63) is 48.4 Å². The third-order valence-corrected chi connectivity index (χ3v) is 6.61. The van der Waals surface area contributed by atoms with Crippen molar-refractivity contribution in [1.29, 1.82) is 0 Å². The van der Waals surface area contributed by atoms with Crippen LogP contribution in [0.25, 0.3) is 33.3 Å². The molecule has 0 radical (unpaired) electrons. The first kappa shape index (κ1) is 21.5. The van der Waals surface area contributed by atoms with E-state index in [1.54, 1.807) is 13.1 Å². The summed E-state index contributed by atoms with van der Waals surface area (Å²) in [5, 5.41) is 4.73. The molecule has 0 saturated heterocycles. The van der Waals surface area contributed by atoms with Crippen molar-refractivity contribution >= 4 is 33.5 Å². The summed E-state index contributed by atoms with van der Waals surface area (Å²) in [5.74, 6) is 0.732. The lowest BCUT2D eigenvalue weighted by Gasteiger charge is -2.31. The number of H-pyrrole nitrogens is 1. The van der Waals surface area contributed by atoms with Crippen LogP contribution in [0.2, 0.25) is 0 Å². The van der Waals surface area contributed by atoms with E-state index in [2.05, 4.69) is 45.3 Å². The zero-order valence-corrected chi connectivity index (χ0v) is 19.4. The maximum atomic E-state index is 12.5. The second-order valence-electron chi connectivity index (χ2n) is 9.43. The van der Waals surface area contributed by atoms with E-state index in [0.29, 0.717) is 11.6 Å².